The first-order chi connectivity index (χ1) is 14.1. The molecule has 0 aliphatic rings. The highest BCUT2D eigenvalue weighted by Gasteiger charge is 2.26. The maximum Gasteiger partial charge on any atom is 0.182 e. The van der Waals surface area contributed by atoms with Gasteiger partial charge in [-0.25, -0.2) is 8.78 Å². The van der Waals surface area contributed by atoms with Crippen LogP contribution in [-0.4, -0.2) is 10.8 Å². The van der Waals surface area contributed by atoms with E-state index in [1.807, 2.05) is 48.5 Å². The molecule has 0 radical (unpaired) electrons. The predicted octanol–water partition coefficient (Wildman–Crippen LogP) is 6.72. The van der Waals surface area contributed by atoms with Crippen LogP contribution in [0.1, 0.15) is 33.7 Å². The molecule has 1 N–H and O–H groups in total. The molecule has 3 aromatic carbocycles. The van der Waals surface area contributed by atoms with E-state index in [-0.39, 0.29) is 5.78 Å². The van der Waals surface area contributed by atoms with Gasteiger partial charge in [0.2, 0.25) is 0 Å². The summed E-state index contributed by atoms with van der Waals surface area (Å²) in [5.74, 6) is -1.90. The van der Waals surface area contributed by atoms with Gasteiger partial charge in [0.1, 0.15) is 0 Å². The Morgan fingerprint density at radius 2 is 1.79 bits per heavy atom. The van der Waals surface area contributed by atoms with E-state index in [2.05, 4.69) is 11.9 Å². The van der Waals surface area contributed by atoms with Gasteiger partial charge >= 0.3 is 0 Å². The van der Waals surface area contributed by atoms with E-state index in [0.29, 0.717) is 10.5 Å². The van der Waals surface area contributed by atoms with Crippen LogP contribution in [-0.2, 0) is 6.42 Å². The molecule has 0 aliphatic carbocycles. The second-order valence-electron chi connectivity index (χ2n) is 6.74. The first kappa shape index (κ1) is 19.4. The second-order valence-corrected chi connectivity index (χ2v) is 7.92. The minimum Gasteiger partial charge on any atom is -0.360 e. The second kappa shape index (κ2) is 8.21. The zero-order valence-corrected chi connectivity index (χ0v) is 16.6. The normalized spacial score (nSPS) is 12.2. The Labute approximate surface area is 172 Å². The number of carbonyl (C=O) groups is 1. The molecule has 0 bridgehead atoms. The number of ketones is 1. The Balaban J connectivity index is 1.77. The molecule has 0 fully saturated rings. The van der Waals surface area contributed by atoms with E-state index in [9.17, 15) is 13.6 Å². The first-order valence-corrected chi connectivity index (χ1v) is 10.3. The van der Waals surface area contributed by atoms with E-state index in [1.165, 1.54) is 17.8 Å². The third-order valence-corrected chi connectivity index (χ3v) is 6.18. The topological polar surface area (TPSA) is 32.9 Å². The molecule has 1 atom stereocenters. The molecule has 1 heterocycles. The molecule has 4 rings (SSSR count). The molecule has 0 spiro atoms. The van der Waals surface area contributed by atoms with E-state index in [4.69, 9.17) is 0 Å². The Morgan fingerprint density at radius 3 is 2.52 bits per heavy atom. The number of H-pyrrole nitrogens is 1. The number of aromatic nitrogens is 1. The lowest BCUT2D eigenvalue weighted by atomic mass is 10.0. The molecule has 146 valence electrons. The number of hydrogen-bond donors (Lipinski definition) is 1. The summed E-state index contributed by atoms with van der Waals surface area (Å²) in [6.45, 7) is 2.07. The lowest BCUT2D eigenvalue weighted by molar-refractivity contribution is 0.0991. The van der Waals surface area contributed by atoms with Crippen molar-refractivity contribution in [3.63, 3.8) is 0 Å². The van der Waals surface area contributed by atoms with Gasteiger partial charge in [0, 0.05) is 27.6 Å². The summed E-state index contributed by atoms with van der Waals surface area (Å²) >= 11 is 1.22. The third kappa shape index (κ3) is 3.83. The fourth-order valence-electron chi connectivity index (χ4n) is 3.44. The van der Waals surface area contributed by atoms with Crippen LogP contribution in [0.4, 0.5) is 8.78 Å². The van der Waals surface area contributed by atoms with Gasteiger partial charge in [0.05, 0.1) is 5.25 Å². The van der Waals surface area contributed by atoms with E-state index >= 15 is 0 Å². The van der Waals surface area contributed by atoms with Gasteiger partial charge in [-0.2, -0.15) is 0 Å². The Kier molecular flexibility index (Phi) is 5.49. The standard InChI is InChI=1S/C24H19F2NOS/c1-2-15-9-6-10-18-19(14-27-22(15)18)23(28)24(16-7-4-3-5-8-16)29-17-11-12-20(25)21(26)13-17/h3-14,24,27H,2H2,1H3/t24-/m0/s1. The van der Waals surface area contributed by atoms with Crippen molar-refractivity contribution < 1.29 is 13.6 Å². The van der Waals surface area contributed by atoms with E-state index in [1.54, 1.807) is 6.20 Å². The van der Waals surface area contributed by atoms with Crippen LogP contribution in [0.5, 0.6) is 0 Å². The zero-order chi connectivity index (χ0) is 20.4. The summed E-state index contributed by atoms with van der Waals surface area (Å²) in [4.78, 5) is 17.3. The molecule has 29 heavy (non-hydrogen) atoms. The molecular formula is C24H19F2NOS. The van der Waals surface area contributed by atoms with Crippen molar-refractivity contribution in [1.29, 1.82) is 0 Å². The van der Waals surface area contributed by atoms with Crippen molar-refractivity contribution >= 4 is 28.4 Å². The zero-order valence-electron chi connectivity index (χ0n) is 15.8. The molecule has 0 saturated heterocycles. The minimum absolute atomic E-state index is 0.0783. The van der Waals surface area contributed by atoms with Crippen molar-refractivity contribution in [3.05, 3.63) is 101 Å². The van der Waals surface area contributed by atoms with Gasteiger partial charge in [-0.3, -0.25) is 4.79 Å². The number of aromatic amines is 1. The number of Topliss-reactive ketones (excluding diaryl/α,β-unsaturated/α-hetero) is 1. The highest BCUT2D eigenvalue weighted by atomic mass is 32.2. The van der Waals surface area contributed by atoms with Gasteiger partial charge in [0.25, 0.3) is 0 Å². The highest BCUT2D eigenvalue weighted by Crippen LogP contribution is 2.39. The molecule has 0 aliphatic heterocycles. The summed E-state index contributed by atoms with van der Waals surface area (Å²) in [7, 11) is 0. The van der Waals surface area contributed by atoms with Gasteiger partial charge in [0.15, 0.2) is 17.4 Å². The van der Waals surface area contributed by atoms with Crippen LogP contribution in [0.15, 0.2) is 77.8 Å². The lowest BCUT2D eigenvalue weighted by Crippen LogP contribution is -2.09. The van der Waals surface area contributed by atoms with Crippen molar-refractivity contribution in [2.45, 2.75) is 23.5 Å². The Hall–Kier alpha value is -2.92. The average Bonchev–Trinajstić information content (AvgIpc) is 3.19. The van der Waals surface area contributed by atoms with Crippen molar-refractivity contribution in [3.8, 4) is 0 Å². The summed E-state index contributed by atoms with van der Waals surface area (Å²) in [5.41, 5.74) is 3.52. The molecule has 1 aromatic heterocycles. The van der Waals surface area contributed by atoms with E-state index < -0.39 is 16.9 Å². The monoisotopic (exact) mass is 407 g/mol. The largest absolute Gasteiger partial charge is 0.360 e. The van der Waals surface area contributed by atoms with E-state index in [0.717, 1.165) is 40.6 Å². The van der Waals surface area contributed by atoms with Gasteiger partial charge in [-0.05, 0) is 35.7 Å². The molecule has 0 saturated carbocycles. The summed E-state index contributed by atoms with van der Waals surface area (Å²) in [6.07, 6.45) is 2.60. The quantitative estimate of drug-likeness (QED) is 0.284. The maximum absolute atomic E-state index is 13.7. The number of carbonyl (C=O) groups excluding carboxylic acids is 1. The lowest BCUT2D eigenvalue weighted by Gasteiger charge is -2.16. The Bertz CT molecular complexity index is 1170. The number of halogens is 2. The molecule has 0 amide bonds. The predicted molar refractivity (Wildman–Crippen MR) is 113 cm³/mol. The van der Waals surface area contributed by atoms with Crippen LogP contribution < -0.4 is 0 Å². The maximum atomic E-state index is 13.7. The van der Waals surface area contributed by atoms with Gasteiger partial charge in [-0.15, -0.1) is 11.8 Å². The van der Waals surface area contributed by atoms with Gasteiger partial charge in [-0.1, -0.05) is 55.5 Å². The SMILES string of the molecule is CCc1cccc2c(C(=O)[C@@H](Sc3ccc(F)c(F)c3)c3ccccc3)c[nH]c12. The van der Waals surface area contributed by atoms with Crippen LogP contribution in [0, 0.1) is 11.6 Å². The van der Waals surface area contributed by atoms with Crippen LogP contribution in [0.3, 0.4) is 0 Å². The average molecular weight is 407 g/mol. The molecule has 2 nitrogen and oxygen atoms in total. The first-order valence-electron chi connectivity index (χ1n) is 9.38. The number of aryl methyl sites for hydroxylation is 1. The number of benzene rings is 3. The summed E-state index contributed by atoms with van der Waals surface area (Å²) in [6, 6.07) is 19.0. The minimum atomic E-state index is -0.922. The Morgan fingerprint density at radius 1 is 1.00 bits per heavy atom. The third-order valence-electron chi connectivity index (χ3n) is 4.93. The van der Waals surface area contributed by atoms with Crippen molar-refractivity contribution in [1.82, 2.24) is 4.98 Å². The fraction of sp³-hybridized carbons (Fsp3) is 0.125. The van der Waals surface area contributed by atoms with Crippen molar-refractivity contribution in [2.24, 2.45) is 0 Å². The fourth-order valence-corrected chi connectivity index (χ4v) is 4.56. The summed E-state index contributed by atoms with van der Waals surface area (Å²) in [5, 5.41) is 0.298. The summed E-state index contributed by atoms with van der Waals surface area (Å²) < 4.78 is 27.1. The number of fused-ring (bicyclic) bond motifs is 1. The smallest absolute Gasteiger partial charge is 0.182 e. The molecule has 0 unspecified atom stereocenters. The number of nitrogens with one attached hydrogen (secondary N) is 1. The van der Waals surface area contributed by atoms with Crippen molar-refractivity contribution in [2.75, 3.05) is 0 Å². The van der Waals surface area contributed by atoms with Crippen LogP contribution >= 0.6 is 11.8 Å². The molecule has 5 heteroatoms. The number of rotatable bonds is 6. The molecule has 4 aromatic rings. The van der Waals surface area contributed by atoms with Gasteiger partial charge < -0.3 is 4.98 Å². The van der Waals surface area contributed by atoms with Crippen LogP contribution in [0.2, 0.25) is 0 Å². The highest BCUT2D eigenvalue weighted by molar-refractivity contribution is 8.00. The molecular weight excluding hydrogens is 388 g/mol. The number of thioether (sulfide) groups is 1. The number of hydrogen-bond acceptors (Lipinski definition) is 2. The van der Waals surface area contributed by atoms with Crippen LogP contribution in [0.25, 0.3) is 10.9 Å². The number of para-hydroxylation sites is 1.